The average Bonchev–Trinajstić information content (AvgIpc) is 2.69. The molecular weight excluding hydrogens is 268 g/mol. The number of esters is 1. The summed E-state index contributed by atoms with van der Waals surface area (Å²) in [5.74, 6) is -4.06. The second kappa shape index (κ2) is 5.75. The third kappa shape index (κ3) is 3.25. The van der Waals surface area contributed by atoms with Crippen LogP contribution in [0.5, 0.6) is 5.75 Å². The third-order valence-corrected chi connectivity index (χ3v) is 3.30. The van der Waals surface area contributed by atoms with Gasteiger partial charge in [-0.1, -0.05) is 12.1 Å². The highest BCUT2D eigenvalue weighted by Gasteiger charge is 2.50. The van der Waals surface area contributed by atoms with Crippen LogP contribution in [-0.4, -0.2) is 31.7 Å². The fraction of sp³-hybridized carbons (Fsp3) is 0.500. The number of halogens is 2. The minimum absolute atomic E-state index is 0.0574. The lowest BCUT2D eigenvalue weighted by molar-refractivity contribution is -0.159. The predicted molar refractivity (Wildman–Crippen MR) is 68.9 cm³/mol. The number of alkyl halides is 2. The zero-order valence-corrected chi connectivity index (χ0v) is 11.4. The van der Waals surface area contributed by atoms with Gasteiger partial charge in [-0.05, 0) is 24.6 Å². The lowest BCUT2D eigenvalue weighted by Gasteiger charge is -2.17. The van der Waals surface area contributed by atoms with Crippen molar-refractivity contribution in [2.75, 3.05) is 13.7 Å². The Balaban J connectivity index is 1.89. The van der Waals surface area contributed by atoms with Gasteiger partial charge in [-0.25, -0.2) is 4.79 Å². The maximum atomic E-state index is 13.0. The first kappa shape index (κ1) is 14.7. The third-order valence-electron chi connectivity index (χ3n) is 3.30. The van der Waals surface area contributed by atoms with Gasteiger partial charge in [-0.3, -0.25) is 0 Å². The summed E-state index contributed by atoms with van der Waals surface area (Å²) in [6.07, 6.45) is -1.35. The lowest BCUT2D eigenvalue weighted by Crippen LogP contribution is -2.29. The van der Waals surface area contributed by atoms with Crippen molar-refractivity contribution in [3.05, 3.63) is 29.8 Å². The van der Waals surface area contributed by atoms with Crippen molar-refractivity contribution in [1.82, 2.24) is 5.32 Å². The number of cyclic esters (lactones) is 1. The number of carbonyl (C=O) groups excluding carboxylic acids is 1. The Hall–Kier alpha value is -1.69. The van der Waals surface area contributed by atoms with E-state index in [4.69, 9.17) is 4.74 Å². The van der Waals surface area contributed by atoms with Crippen LogP contribution >= 0.6 is 0 Å². The molecule has 1 heterocycles. The zero-order chi connectivity index (χ0) is 14.8. The van der Waals surface area contributed by atoms with E-state index in [9.17, 15) is 13.6 Å². The van der Waals surface area contributed by atoms with Crippen molar-refractivity contribution < 1.29 is 23.0 Å². The molecule has 0 amide bonds. The molecule has 1 aromatic rings. The van der Waals surface area contributed by atoms with E-state index in [0.29, 0.717) is 0 Å². The SMILES string of the molecule is COc1cccc([C@@H](C)NCC2CC(F)(F)C(=O)O2)c1. The van der Waals surface area contributed by atoms with Crippen LogP contribution in [0.15, 0.2) is 24.3 Å². The standard InChI is InChI=1S/C14H17F2NO3/c1-9(10-4-3-5-11(6-10)19-2)17-8-12-7-14(15,16)13(18)20-12/h3-6,9,12,17H,7-8H2,1-2H3/t9-,12?/m1/s1. The van der Waals surface area contributed by atoms with Gasteiger partial charge in [0, 0.05) is 12.6 Å². The van der Waals surface area contributed by atoms with Gasteiger partial charge in [-0.15, -0.1) is 0 Å². The Morgan fingerprint density at radius 1 is 1.55 bits per heavy atom. The summed E-state index contributed by atoms with van der Waals surface area (Å²) >= 11 is 0. The largest absolute Gasteiger partial charge is 0.497 e. The Labute approximate surface area is 116 Å². The van der Waals surface area contributed by atoms with Crippen molar-refractivity contribution in [2.24, 2.45) is 0 Å². The van der Waals surface area contributed by atoms with E-state index in [-0.39, 0.29) is 12.6 Å². The summed E-state index contributed by atoms with van der Waals surface area (Å²) in [6, 6.07) is 7.41. The van der Waals surface area contributed by atoms with Gasteiger partial charge in [0.05, 0.1) is 13.5 Å². The number of rotatable bonds is 5. The number of ether oxygens (including phenoxy) is 2. The van der Waals surface area contributed by atoms with Gasteiger partial charge < -0.3 is 14.8 Å². The lowest BCUT2D eigenvalue weighted by atomic mass is 10.1. The van der Waals surface area contributed by atoms with Crippen LogP contribution in [0.2, 0.25) is 0 Å². The summed E-state index contributed by atoms with van der Waals surface area (Å²) in [5.41, 5.74) is 0.973. The second-order valence-electron chi connectivity index (χ2n) is 4.84. The van der Waals surface area contributed by atoms with Crippen molar-refractivity contribution in [3.8, 4) is 5.75 Å². The molecule has 1 aliphatic rings. The molecule has 0 saturated carbocycles. The smallest absolute Gasteiger partial charge is 0.377 e. The summed E-state index contributed by atoms with van der Waals surface area (Å²) in [7, 11) is 1.58. The quantitative estimate of drug-likeness (QED) is 0.843. The van der Waals surface area contributed by atoms with Gasteiger partial charge in [-0.2, -0.15) is 8.78 Å². The fourth-order valence-electron chi connectivity index (χ4n) is 2.10. The van der Waals surface area contributed by atoms with Gasteiger partial charge in [0.2, 0.25) is 0 Å². The molecule has 20 heavy (non-hydrogen) atoms. The summed E-state index contributed by atoms with van der Waals surface area (Å²) in [6.45, 7) is 2.10. The molecule has 1 unspecified atom stereocenters. The number of methoxy groups -OCH3 is 1. The Kier molecular flexibility index (Phi) is 4.23. The molecular formula is C14H17F2NO3. The molecule has 6 heteroatoms. The summed E-state index contributed by atoms with van der Waals surface area (Å²) in [4.78, 5) is 10.9. The molecule has 0 radical (unpaired) electrons. The normalized spacial score (nSPS) is 22.4. The molecule has 0 spiro atoms. The molecule has 1 fully saturated rings. The van der Waals surface area contributed by atoms with Crippen molar-refractivity contribution >= 4 is 5.97 Å². The van der Waals surface area contributed by atoms with Gasteiger partial charge in [0.1, 0.15) is 11.9 Å². The number of carbonyl (C=O) groups is 1. The minimum Gasteiger partial charge on any atom is -0.497 e. The molecule has 0 bridgehead atoms. The highest BCUT2D eigenvalue weighted by Crippen LogP contribution is 2.30. The van der Waals surface area contributed by atoms with E-state index in [1.807, 2.05) is 31.2 Å². The van der Waals surface area contributed by atoms with Gasteiger partial charge in [0.25, 0.3) is 0 Å². The number of benzene rings is 1. The van der Waals surface area contributed by atoms with Crippen LogP contribution < -0.4 is 10.1 Å². The number of nitrogens with one attached hydrogen (secondary N) is 1. The van der Waals surface area contributed by atoms with Crippen LogP contribution in [0.4, 0.5) is 8.78 Å². The van der Waals surface area contributed by atoms with Crippen LogP contribution in [0.3, 0.4) is 0 Å². The maximum Gasteiger partial charge on any atom is 0.377 e. The van der Waals surface area contributed by atoms with Crippen LogP contribution in [0.1, 0.15) is 24.9 Å². The molecule has 0 aromatic heterocycles. The molecule has 2 atom stereocenters. The van der Waals surface area contributed by atoms with E-state index in [0.717, 1.165) is 11.3 Å². The molecule has 1 aromatic carbocycles. The topological polar surface area (TPSA) is 47.6 Å². The van der Waals surface area contributed by atoms with E-state index in [2.05, 4.69) is 10.1 Å². The fourth-order valence-corrected chi connectivity index (χ4v) is 2.10. The number of hydrogen-bond donors (Lipinski definition) is 1. The molecule has 2 rings (SSSR count). The molecule has 4 nitrogen and oxygen atoms in total. The molecule has 0 aliphatic carbocycles. The molecule has 1 saturated heterocycles. The molecule has 1 aliphatic heterocycles. The Morgan fingerprint density at radius 2 is 2.30 bits per heavy atom. The zero-order valence-electron chi connectivity index (χ0n) is 11.4. The highest BCUT2D eigenvalue weighted by molar-refractivity contribution is 5.79. The molecule has 110 valence electrons. The summed E-state index contributed by atoms with van der Waals surface area (Å²) < 4.78 is 35.8. The van der Waals surface area contributed by atoms with Crippen molar-refractivity contribution in [3.63, 3.8) is 0 Å². The van der Waals surface area contributed by atoms with E-state index in [1.165, 1.54) is 0 Å². The molecule has 1 N–H and O–H groups in total. The second-order valence-corrected chi connectivity index (χ2v) is 4.84. The van der Waals surface area contributed by atoms with E-state index < -0.39 is 24.4 Å². The van der Waals surface area contributed by atoms with Gasteiger partial charge in [0.15, 0.2) is 0 Å². The van der Waals surface area contributed by atoms with Gasteiger partial charge >= 0.3 is 11.9 Å². The summed E-state index contributed by atoms with van der Waals surface area (Å²) in [5, 5.41) is 3.08. The first-order valence-corrected chi connectivity index (χ1v) is 6.38. The predicted octanol–water partition coefficient (Wildman–Crippen LogP) is 2.30. The van der Waals surface area contributed by atoms with Crippen LogP contribution in [0, 0.1) is 0 Å². The van der Waals surface area contributed by atoms with E-state index in [1.54, 1.807) is 7.11 Å². The Morgan fingerprint density at radius 3 is 2.90 bits per heavy atom. The minimum atomic E-state index is -3.36. The maximum absolute atomic E-state index is 13.0. The monoisotopic (exact) mass is 285 g/mol. The first-order valence-electron chi connectivity index (χ1n) is 6.38. The Bertz CT molecular complexity index is 493. The highest BCUT2D eigenvalue weighted by atomic mass is 19.3. The average molecular weight is 285 g/mol. The van der Waals surface area contributed by atoms with Crippen molar-refractivity contribution in [2.45, 2.75) is 31.4 Å². The first-order chi connectivity index (χ1) is 9.42. The van der Waals surface area contributed by atoms with Crippen LogP contribution in [0.25, 0.3) is 0 Å². The van der Waals surface area contributed by atoms with E-state index >= 15 is 0 Å². The van der Waals surface area contributed by atoms with Crippen molar-refractivity contribution in [1.29, 1.82) is 0 Å². The number of hydrogen-bond acceptors (Lipinski definition) is 4. The van der Waals surface area contributed by atoms with Crippen LogP contribution in [-0.2, 0) is 9.53 Å².